The number of hydrogen-bond donors (Lipinski definition) is 0. The Hall–Kier alpha value is -2.50. The first-order chi connectivity index (χ1) is 11.1. The van der Waals surface area contributed by atoms with Gasteiger partial charge in [-0.2, -0.15) is 0 Å². The van der Waals surface area contributed by atoms with Gasteiger partial charge >= 0.3 is 5.82 Å². The molecule has 0 radical (unpaired) electrons. The van der Waals surface area contributed by atoms with Gasteiger partial charge in [0.25, 0.3) is 0 Å². The Kier molecular flexibility index (Phi) is 4.50. The molecule has 120 valence electrons. The van der Waals surface area contributed by atoms with E-state index in [2.05, 4.69) is 9.88 Å². The third-order valence-electron chi connectivity index (χ3n) is 4.31. The summed E-state index contributed by atoms with van der Waals surface area (Å²) in [4.78, 5) is 16.2. The van der Waals surface area contributed by atoms with Crippen molar-refractivity contribution in [2.45, 2.75) is 19.3 Å². The van der Waals surface area contributed by atoms with E-state index in [0.717, 1.165) is 43.6 Å². The smallest absolute Gasteiger partial charge is 0.363 e. The van der Waals surface area contributed by atoms with E-state index in [1.807, 2.05) is 6.07 Å². The van der Waals surface area contributed by atoms with Gasteiger partial charge in [-0.25, -0.2) is 4.39 Å². The number of nitrogens with zero attached hydrogens (tertiary/aromatic N) is 3. The number of nitro groups is 1. The average Bonchev–Trinajstić information content (AvgIpc) is 2.56. The van der Waals surface area contributed by atoms with E-state index < -0.39 is 4.92 Å². The van der Waals surface area contributed by atoms with Crippen molar-refractivity contribution < 1.29 is 9.31 Å². The predicted molar refractivity (Wildman–Crippen MR) is 85.9 cm³/mol. The van der Waals surface area contributed by atoms with Gasteiger partial charge in [0.1, 0.15) is 5.82 Å². The van der Waals surface area contributed by atoms with Crippen molar-refractivity contribution in [1.29, 1.82) is 0 Å². The molecule has 3 rings (SSSR count). The van der Waals surface area contributed by atoms with Gasteiger partial charge in [-0.05, 0) is 58.9 Å². The van der Waals surface area contributed by atoms with Crippen LogP contribution in [0.3, 0.4) is 0 Å². The van der Waals surface area contributed by atoms with Gasteiger partial charge in [-0.15, -0.1) is 0 Å². The zero-order chi connectivity index (χ0) is 16.2. The third-order valence-corrected chi connectivity index (χ3v) is 4.31. The van der Waals surface area contributed by atoms with Crippen molar-refractivity contribution in [2.24, 2.45) is 5.92 Å². The Morgan fingerprint density at radius 2 is 2.04 bits per heavy atom. The molecule has 2 aromatic rings. The van der Waals surface area contributed by atoms with Gasteiger partial charge in [0.05, 0.1) is 5.69 Å². The minimum absolute atomic E-state index is 0.130. The van der Waals surface area contributed by atoms with E-state index in [-0.39, 0.29) is 11.6 Å². The lowest BCUT2D eigenvalue weighted by atomic mass is 9.90. The lowest BCUT2D eigenvalue weighted by Crippen LogP contribution is -2.34. The van der Waals surface area contributed by atoms with Gasteiger partial charge in [0, 0.05) is 19.2 Å². The minimum atomic E-state index is -0.491. The number of hydrogen-bond acceptors (Lipinski definition) is 4. The maximum absolute atomic E-state index is 13.2. The lowest BCUT2D eigenvalue weighted by Gasteiger charge is -2.33. The van der Waals surface area contributed by atoms with E-state index in [0.29, 0.717) is 5.92 Å². The number of anilines is 1. The summed E-state index contributed by atoms with van der Waals surface area (Å²) in [6.07, 6.45) is 4.50. The van der Waals surface area contributed by atoms with Crippen LogP contribution in [-0.4, -0.2) is 23.0 Å². The quantitative estimate of drug-likeness (QED) is 0.639. The van der Waals surface area contributed by atoms with Crippen LogP contribution in [0.15, 0.2) is 42.6 Å². The maximum Gasteiger partial charge on any atom is 0.363 e. The molecule has 0 bridgehead atoms. The minimum Gasteiger partial charge on any atom is -0.368 e. The van der Waals surface area contributed by atoms with E-state index in [4.69, 9.17) is 0 Å². The molecule has 1 fully saturated rings. The van der Waals surface area contributed by atoms with Gasteiger partial charge in [-0.3, -0.25) is 0 Å². The summed E-state index contributed by atoms with van der Waals surface area (Å²) in [5.41, 5.74) is 1.96. The molecule has 0 aliphatic carbocycles. The van der Waals surface area contributed by atoms with E-state index >= 15 is 0 Å². The highest BCUT2D eigenvalue weighted by Gasteiger charge is 2.21. The number of rotatable bonds is 4. The molecule has 0 unspecified atom stereocenters. The van der Waals surface area contributed by atoms with Crippen LogP contribution >= 0.6 is 0 Å². The molecule has 6 heteroatoms. The molecule has 1 aliphatic rings. The monoisotopic (exact) mass is 315 g/mol. The van der Waals surface area contributed by atoms with Crippen LogP contribution in [-0.2, 0) is 6.42 Å². The number of pyridine rings is 1. The molecule has 0 spiro atoms. The Morgan fingerprint density at radius 3 is 2.65 bits per heavy atom. The van der Waals surface area contributed by atoms with Gasteiger partial charge in [-0.1, -0.05) is 12.1 Å². The molecular weight excluding hydrogens is 297 g/mol. The standard InChI is InChI=1S/C17H18FN3O2/c18-15-3-1-2-14(11-15)10-13-6-8-20(9-7-13)16-4-5-17(19-12-16)21(22)23/h1-5,11-13H,6-10H2. The van der Waals surface area contributed by atoms with Crippen LogP contribution < -0.4 is 4.90 Å². The van der Waals surface area contributed by atoms with Gasteiger partial charge in [0.15, 0.2) is 6.20 Å². The SMILES string of the molecule is O=[N+]([O-])c1ccc(N2CCC(Cc3cccc(F)c3)CC2)cn1. The summed E-state index contributed by atoms with van der Waals surface area (Å²) in [5.74, 6) is 0.227. The van der Waals surface area contributed by atoms with Crippen LogP contribution in [0.5, 0.6) is 0 Å². The largest absolute Gasteiger partial charge is 0.368 e. The average molecular weight is 315 g/mol. The summed E-state index contributed by atoms with van der Waals surface area (Å²) >= 11 is 0. The molecule has 0 atom stereocenters. The lowest BCUT2D eigenvalue weighted by molar-refractivity contribution is -0.389. The molecule has 23 heavy (non-hydrogen) atoms. The normalized spacial score (nSPS) is 15.6. The van der Waals surface area contributed by atoms with E-state index in [1.54, 1.807) is 24.4 Å². The Bertz CT molecular complexity index is 682. The second-order valence-corrected chi connectivity index (χ2v) is 5.90. The molecular formula is C17H18FN3O2. The summed E-state index contributed by atoms with van der Waals surface area (Å²) in [7, 11) is 0. The topological polar surface area (TPSA) is 59.3 Å². The highest BCUT2D eigenvalue weighted by molar-refractivity contribution is 5.46. The fourth-order valence-corrected chi connectivity index (χ4v) is 3.07. The van der Waals surface area contributed by atoms with Gasteiger partial charge in [0.2, 0.25) is 0 Å². The van der Waals surface area contributed by atoms with Crippen molar-refractivity contribution in [1.82, 2.24) is 4.98 Å². The van der Waals surface area contributed by atoms with Crippen molar-refractivity contribution >= 4 is 11.5 Å². The highest BCUT2D eigenvalue weighted by atomic mass is 19.1. The molecule has 0 N–H and O–H groups in total. The highest BCUT2D eigenvalue weighted by Crippen LogP contribution is 2.26. The fourth-order valence-electron chi connectivity index (χ4n) is 3.07. The zero-order valence-corrected chi connectivity index (χ0v) is 12.7. The van der Waals surface area contributed by atoms with E-state index in [1.165, 1.54) is 12.1 Å². The van der Waals surface area contributed by atoms with Crippen molar-refractivity contribution in [3.05, 3.63) is 64.1 Å². The van der Waals surface area contributed by atoms with Gasteiger partial charge < -0.3 is 15.0 Å². The van der Waals surface area contributed by atoms with Crippen LogP contribution in [0.4, 0.5) is 15.9 Å². The molecule has 1 aliphatic heterocycles. The van der Waals surface area contributed by atoms with Crippen LogP contribution in [0.1, 0.15) is 18.4 Å². The van der Waals surface area contributed by atoms with Crippen molar-refractivity contribution in [3.8, 4) is 0 Å². The third kappa shape index (κ3) is 3.83. The Morgan fingerprint density at radius 1 is 1.26 bits per heavy atom. The summed E-state index contributed by atoms with van der Waals surface area (Å²) in [6.45, 7) is 1.78. The predicted octanol–water partition coefficient (Wildman–Crippen LogP) is 3.59. The first kappa shape index (κ1) is 15.4. The van der Waals surface area contributed by atoms with Crippen LogP contribution in [0.25, 0.3) is 0 Å². The number of piperidine rings is 1. The molecule has 0 amide bonds. The fraction of sp³-hybridized carbons (Fsp3) is 0.353. The Labute approximate surface area is 133 Å². The summed E-state index contributed by atoms with van der Waals surface area (Å²) in [5, 5.41) is 10.6. The first-order valence-electron chi connectivity index (χ1n) is 7.71. The molecule has 1 aromatic heterocycles. The maximum atomic E-state index is 13.2. The molecule has 1 saturated heterocycles. The summed E-state index contributed by atoms with van der Waals surface area (Å²) < 4.78 is 13.2. The Balaban J connectivity index is 1.56. The molecule has 1 aromatic carbocycles. The molecule has 5 nitrogen and oxygen atoms in total. The molecule has 2 heterocycles. The molecule has 0 saturated carbocycles. The summed E-state index contributed by atoms with van der Waals surface area (Å²) in [6, 6.07) is 9.98. The first-order valence-corrected chi connectivity index (χ1v) is 7.71. The number of aromatic nitrogens is 1. The van der Waals surface area contributed by atoms with E-state index in [9.17, 15) is 14.5 Å². The van der Waals surface area contributed by atoms with Crippen LogP contribution in [0, 0.1) is 21.8 Å². The van der Waals surface area contributed by atoms with Crippen LogP contribution in [0.2, 0.25) is 0 Å². The second-order valence-electron chi connectivity index (χ2n) is 5.90. The number of halogens is 1. The van der Waals surface area contributed by atoms with Crippen molar-refractivity contribution in [3.63, 3.8) is 0 Å². The zero-order valence-electron chi connectivity index (χ0n) is 12.7. The second kappa shape index (κ2) is 6.73. The van der Waals surface area contributed by atoms with Crippen molar-refractivity contribution in [2.75, 3.05) is 18.0 Å². The number of benzene rings is 1.